The van der Waals surface area contributed by atoms with E-state index in [1.807, 2.05) is 25.1 Å². The molecule has 0 amide bonds. The summed E-state index contributed by atoms with van der Waals surface area (Å²) in [5.41, 5.74) is 0.959. The van der Waals surface area contributed by atoms with Crippen LogP contribution in [0.1, 0.15) is 20.3 Å². The molecule has 1 aromatic heterocycles. The van der Waals surface area contributed by atoms with Crippen LogP contribution in [0, 0.1) is 5.92 Å². The maximum absolute atomic E-state index is 5.48. The molecule has 1 aliphatic rings. The quantitative estimate of drug-likeness (QED) is 0.885. The Morgan fingerprint density at radius 2 is 2.19 bits per heavy atom. The minimum atomic E-state index is 0.334. The number of nitrogens with one attached hydrogen (secondary N) is 2. The van der Waals surface area contributed by atoms with Crippen molar-refractivity contribution in [1.29, 1.82) is 0 Å². The minimum absolute atomic E-state index is 0.334. The van der Waals surface area contributed by atoms with E-state index in [9.17, 15) is 0 Å². The van der Waals surface area contributed by atoms with E-state index in [0.29, 0.717) is 17.9 Å². The van der Waals surface area contributed by atoms with Crippen molar-refractivity contribution in [2.75, 3.05) is 30.4 Å². The molecule has 0 saturated carbocycles. The van der Waals surface area contributed by atoms with Gasteiger partial charge in [0.2, 0.25) is 5.95 Å². The van der Waals surface area contributed by atoms with Gasteiger partial charge >= 0.3 is 0 Å². The molecule has 0 spiro atoms. The summed E-state index contributed by atoms with van der Waals surface area (Å²) in [6.07, 6.45) is 1.11. The first-order chi connectivity index (χ1) is 10.3. The van der Waals surface area contributed by atoms with Gasteiger partial charge in [-0.15, -0.1) is 0 Å². The highest BCUT2D eigenvalue weighted by atomic mass is 16.5. The SMILES string of the molecule is CCNc1nc(NC(C)C2CCOC2)c2ccccc2n1. The van der Waals surface area contributed by atoms with Gasteiger partial charge in [-0.05, 0) is 32.4 Å². The number of hydrogen-bond donors (Lipinski definition) is 2. The molecule has 1 aromatic carbocycles. The number of benzene rings is 1. The Hall–Kier alpha value is -1.88. The van der Waals surface area contributed by atoms with Crippen LogP contribution >= 0.6 is 0 Å². The third kappa shape index (κ3) is 3.08. The summed E-state index contributed by atoms with van der Waals surface area (Å²) in [6.45, 7) is 6.75. The van der Waals surface area contributed by atoms with Gasteiger partial charge in [-0.2, -0.15) is 4.98 Å². The highest BCUT2D eigenvalue weighted by molar-refractivity contribution is 5.90. The molecule has 0 radical (unpaired) electrons. The van der Waals surface area contributed by atoms with Gasteiger partial charge in [0.15, 0.2) is 0 Å². The lowest BCUT2D eigenvalue weighted by Crippen LogP contribution is -2.27. The lowest BCUT2D eigenvalue weighted by atomic mass is 10.0. The Morgan fingerprint density at radius 1 is 1.33 bits per heavy atom. The molecule has 2 N–H and O–H groups in total. The Kier molecular flexibility index (Phi) is 4.20. The van der Waals surface area contributed by atoms with E-state index < -0.39 is 0 Å². The van der Waals surface area contributed by atoms with Crippen LogP contribution in [0.25, 0.3) is 10.9 Å². The van der Waals surface area contributed by atoms with Crippen LogP contribution < -0.4 is 10.6 Å². The summed E-state index contributed by atoms with van der Waals surface area (Å²) < 4.78 is 5.48. The predicted molar refractivity (Wildman–Crippen MR) is 85.7 cm³/mol. The first-order valence-corrected chi connectivity index (χ1v) is 7.63. The second kappa shape index (κ2) is 6.26. The van der Waals surface area contributed by atoms with Crippen LogP contribution in [0.2, 0.25) is 0 Å². The zero-order valence-electron chi connectivity index (χ0n) is 12.6. The molecule has 1 saturated heterocycles. The van der Waals surface area contributed by atoms with Crippen LogP contribution in [-0.4, -0.2) is 35.8 Å². The van der Waals surface area contributed by atoms with E-state index in [4.69, 9.17) is 4.74 Å². The number of aromatic nitrogens is 2. The molecular weight excluding hydrogens is 264 g/mol. The van der Waals surface area contributed by atoms with Gasteiger partial charge in [0.1, 0.15) is 5.82 Å². The molecule has 112 valence electrons. The average molecular weight is 286 g/mol. The van der Waals surface area contributed by atoms with Crippen LogP contribution in [0.15, 0.2) is 24.3 Å². The Labute approximate surface area is 125 Å². The first-order valence-electron chi connectivity index (χ1n) is 7.63. The second-order valence-corrected chi connectivity index (χ2v) is 5.50. The van der Waals surface area contributed by atoms with E-state index in [1.54, 1.807) is 0 Å². The minimum Gasteiger partial charge on any atom is -0.381 e. The summed E-state index contributed by atoms with van der Waals surface area (Å²) in [7, 11) is 0. The number of nitrogens with zero attached hydrogens (tertiary/aromatic N) is 2. The molecule has 21 heavy (non-hydrogen) atoms. The van der Waals surface area contributed by atoms with Crippen LogP contribution in [0.3, 0.4) is 0 Å². The molecule has 2 aromatic rings. The monoisotopic (exact) mass is 286 g/mol. The summed E-state index contributed by atoms with van der Waals surface area (Å²) in [5.74, 6) is 2.12. The molecule has 5 heteroatoms. The van der Waals surface area contributed by atoms with Gasteiger partial charge in [0.25, 0.3) is 0 Å². The Balaban J connectivity index is 1.91. The standard InChI is InChI=1S/C16H22N4O/c1-3-17-16-19-14-7-5-4-6-13(14)15(20-16)18-11(2)12-8-9-21-10-12/h4-7,11-12H,3,8-10H2,1-2H3,(H2,17,18,19,20). The fourth-order valence-corrected chi connectivity index (χ4v) is 2.70. The fraction of sp³-hybridized carbons (Fsp3) is 0.500. The number of ether oxygens (including phenoxy) is 1. The van der Waals surface area contributed by atoms with E-state index in [-0.39, 0.29) is 0 Å². The smallest absolute Gasteiger partial charge is 0.225 e. The molecule has 0 bridgehead atoms. The predicted octanol–water partition coefficient (Wildman–Crippen LogP) is 2.90. The summed E-state index contributed by atoms with van der Waals surface area (Å²) in [4.78, 5) is 9.17. The van der Waals surface area contributed by atoms with Crippen LogP contribution in [0.5, 0.6) is 0 Å². The van der Waals surface area contributed by atoms with Crippen molar-refractivity contribution >= 4 is 22.7 Å². The van der Waals surface area contributed by atoms with E-state index >= 15 is 0 Å². The van der Waals surface area contributed by atoms with Crippen LogP contribution in [0.4, 0.5) is 11.8 Å². The summed E-state index contributed by atoms with van der Waals surface area (Å²) in [6, 6.07) is 8.44. The van der Waals surface area contributed by atoms with Crippen molar-refractivity contribution in [2.24, 2.45) is 5.92 Å². The average Bonchev–Trinajstić information content (AvgIpc) is 3.02. The van der Waals surface area contributed by atoms with E-state index in [0.717, 1.165) is 42.9 Å². The molecule has 3 rings (SSSR count). The third-order valence-electron chi connectivity index (χ3n) is 3.97. The molecular formula is C16H22N4O. The molecule has 2 unspecified atom stereocenters. The Bertz CT molecular complexity index is 610. The van der Waals surface area contributed by atoms with Gasteiger partial charge in [0.05, 0.1) is 12.1 Å². The summed E-state index contributed by atoms with van der Waals surface area (Å²) >= 11 is 0. The topological polar surface area (TPSA) is 59.1 Å². The molecule has 0 aliphatic carbocycles. The van der Waals surface area contributed by atoms with Crippen LogP contribution in [-0.2, 0) is 4.74 Å². The maximum Gasteiger partial charge on any atom is 0.225 e. The molecule has 1 aliphatic heterocycles. The maximum atomic E-state index is 5.48. The zero-order chi connectivity index (χ0) is 14.7. The largest absolute Gasteiger partial charge is 0.381 e. The van der Waals surface area contributed by atoms with Crippen molar-refractivity contribution in [3.63, 3.8) is 0 Å². The van der Waals surface area contributed by atoms with Crippen molar-refractivity contribution in [1.82, 2.24) is 9.97 Å². The first kappa shape index (κ1) is 14.1. The third-order valence-corrected chi connectivity index (χ3v) is 3.97. The molecule has 1 fully saturated rings. The van der Waals surface area contributed by atoms with Gasteiger partial charge < -0.3 is 15.4 Å². The number of para-hydroxylation sites is 1. The number of rotatable bonds is 5. The van der Waals surface area contributed by atoms with Crippen molar-refractivity contribution < 1.29 is 4.74 Å². The molecule has 5 nitrogen and oxygen atoms in total. The number of fused-ring (bicyclic) bond motifs is 1. The van der Waals surface area contributed by atoms with E-state index in [1.165, 1.54) is 0 Å². The van der Waals surface area contributed by atoms with Crippen molar-refractivity contribution in [2.45, 2.75) is 26.3 Å². The van der Waals surface area contributed by atoms with Gasteiger partial charge in [0, 0.05) is 30.5 Å². The summed E-state index contributed by atoms with van der Waals surface area (Å²) in [5, 5.41) is 7.81. The normalized spacial score (nSPS) is 19.6. The highest BCUT2D eigenvalue weighted by Gasteiger charge is 2.23. The molecule has 2 heterocycles. The number of hydrogen-bond acceptors (Lipinski definition) is 5. The fourth-order valence-electron chi connectivity index (χ4n) is 2.70. The second-order valence-electron chi connectivity index (χ2n) is 5.50. The van der Waals surface area contributed by atoms with Gasteiger partial charge in [-0.25, -0.2) is 4.98 Å². The Morgan fingerprint density at radius 3 is 2.95 bits per heavy atom. The van der Waals surface area contributed by atoms with Crippen molar-refractivity contribution in [3.05, 3.63) is 24.3 Å². The number of anilines is 2. The lowest BCUT2D eigenvalue weighted by Gasteiger charge is -2.21. The van der Waals surface area contributed by atoms with Gasteiger partial charge in [-0.3, -0.25) is 0 Å². The van der Waals surface area contributed by atoms with Gasteiger partial charge in [-0.1, -0.05) is 12.1 Å². The molecule has 2 atom stereocenters. The van der Waals surface area contributed by atoms with Crippen molar-refractivity contribution in [3.8, 4) is 0 Å². The van der Waals surface area contributed by atoms with E-state index in [2.05, 4.69) is 33.6 Å². The lowest BCUT2D eigenvalue weighted by molar-refractivity contribution is 0.183. The highest BCUT2D eigenvalue weighted by Crippen LogP contribution is 2.25. The zero-order valence-corrected chi connectivity index (χ0v) is 12.6.